The Morgan fingerprint density at radius 2 is 1.05 bits per heavy atom. The maximum Gasteiger partial charge on any atom is 0.316 e. The highest BCUT2D eigenvalue weighted by Crippen LogP contribution is 2.10. The fraction of sp³-hybridized carbons (Fsp3) is 0.875. The van der Waals surface area contributed by atoms with E-state index in [1.807, 2.05) is 0 Å². The van der Waals surface area contributed by atoms with Gasteiger partial charge in [0.05, 0.1) is 10.5 Å². The van der Waals surface area contributed by atoms with Gasteiger partial charge < -0.3 is 10.2 Å². The van der Waals surface area contributed by atoms with Crippen LogP contribution in [0.3, 0.4) is 0 Å². The van der Waals surface area contributed by atoms with Crippen molar-refractivity contribution >= 4 is 37.2 Å². The Balaban J connectivity index is 0. The largest absolute Gasteiger partial charge is 0.480 e. The van der Waals surface area contributed by atoms with Gasteiger partial charge in [-0.2, -0.15) is 25.3 Å². The first-order chi connectivity index (χ1) is 10.4. The van der Waals surface area contributed by atoms with Crippen molar-refractivity contribution in [2.24, 2.45) is 0 Å². The molecule has 0 fully saturated rings. The molecule has 6 heteroatoms. The van der Waals surface area contributed by atoms with Crippen molar-refractivity contribution in [2.45, 2.75) is 88.6 Å². The first-order valence-electron chi connectivity index (χ1n) is 8.18. The molecule has 22 heavy (non-hydrogen) atoms. The van der Waals surface area contributed by atoms with Gasteiger partial charge in [-0.15, -0.1) is 0 Å². The van der Waals surface area contributed by atoms with Crippen LogP contribution in [0.4, 0.5) is 0 Å². The first kappa shape index (κ1) is 23.9. The Bertz CT molecular complexity index is 257. The van der Waals surface area contributed by atoms with E-state index in [0.29, 0.717) is 12.8 Å². The summed E-state index contributed by atoms with van der Waals surface area (Å²) in [7, 11) is 0. The van der Waals surface area contributed by atoms with Crippen molar-refractivity contribution in [1.82, 2.24) is 0 Å². The molecule has 0 radical (unpaired) electrons. The van der Waals surface area contributed by atoms with Crippen LogP contribution >= 0.6 is 25.3 Å². The number of hydrogen-bond acceptors (Lipinski definition) is 4. The molecule has 0 rings (SSSR count). The normalized spacial score (nSPS) is 12.9. The molecule has 0 bridgehead atoms. The number of carboxylic acid groups (broad SMARTS) is 2. The molecule has 2 atom stereocenters. The molecule has 0 heterocycles. The summed E-state index contributed by atoms with van der Waals surface area (Å²) < 4.78 is 0. The van der Waals surface area contributed by atoms with E-state index in [0.717, 1.165) is 25.7 Å². The van der Waals surface area contributed by atoms with E-state index in [1.54, 1.807) is 0 Å². The molecule has 2 N–H and O–H groups in total. The highest BCUT2D eigenvalue weighted by atomic mass is 32.1. The van der Waals surface area contributed by atoms with Crippen LogP contribution in [0.15, 0.2) is 0 Å². The highest BCUT2D eigenvalue weighted by molar-refractivity contribution is 7.82. The molecular formula is C16H32O4S2. The minimum absolute atomic E-state index is 0.466. The number of rotatable bonds is 12. The van der Waals surface area contributed by atoms with E-state index in [9.17, 15) is 9.59 Å². The van der Waals surface area contributed by atoms with E-state index in [4.69, 9.17) is 10.2 Å². The molecule has 1 unspecified atom stereocenters. The lowest BCUT2D eigenvalue weighted by atomic mass is 10.1. The van der Waals surface area contributed by atoms with Gasteiger partial charge in [-0.3, -0.25) is 9.59 Å². The quantitative estimate of drug-likeness (QED) is 0.304. The molecule has 0 aromatic carbocycles. The Kier molecular flexibility index (Phi) is 18.5. The lowest BCUT2D eigenvalue weighted by Gasteiger charge is -2.03. The molecule has 0 aliphatic rings. The standard InChI is InChI=1S/2C8H16O2S/c2*1-2-3-4-5-6-7(11)8(9)10/h2*7,11H,2-6H2,1H3,(H,9,10)/t7-;/m0./s1. The van der Waals surface area contributed by atoms with Crippen molar-refractivity contribution in [3.05, 3.63) is 0 Å². The molecule has 0 spiro atoms. The number of thiol groups is 2. The third kappa shape index (κ3) is 17.7. The average Bonchev–Trinajstić information content (AvgIpc) is 2.48. The van der Waals surface area contributed by atoms with Crippen LogP contribution in [-0.2, 0) is 9.59 Å². The monoisotopic (exact) mass is 352 g/mol. The van der Waals surface area contributed by atoms with Crippen LogP contribution < -0.4 is 0 Å². The summed E-state index contributed by atoms with van der Waals surface area (Å²) >= 11 is 7.86. The van der Waals surface area contributed by atoms with Crippen LogP contribution in [0.5, 0.6) is 0 Å². The molecule has 0 aromatic heterocycles. The third-order valence-electron chi connectivity index (χ3n) is 3.23. The van der Waals surface area contributed by atoms with Gasteiger partial charge in [0.15, 0.2) is 0 Å². The highest BCUT2D eigenvalue weighted by Gasteiger charge is 2.10. The molecule has 4 nitrogen and oxygen atoms in total. The molecule has 0 amide bonds. The van der Waals surface area contributed by atoms with Gasteiger partial charge in [0, 0.05) is 0 Å². The fourth-order valence-corrected chi connectivity index (χ4v) is 2.14. The van der Waals surface area contributed by atoms with Gasteiger partial charge in [0.1, 0.15) is 0 Å². The maximum absolute atomic E-state index is 10.3. The van der Waals surface area contributed by atoms with E-state index >= 15 is 0 Å². The summed E-state index contributed by atoms with van der Waals surface area (Å²) in [5.74, 6) is -1.60. The smallest absolute Gasteiger partial charge is 0.316 e. The zero-order chi connectivity index (χ0) is 17.4. The van der Waals surface area contributed by atoms with E-state index < -0.39 is 22.4 Å². The molecule has 0 aliphatic carbocycles. The second-order valence-electron chi connectivity index (χ2n) is 5.41. The second kappa shape index (κ2) is 17.0. The maximum atomic E-state index is 10.3. The number of unbranched alkanes of at least 4 members (excludes halogenated alkanes) is 6. The van der Waals surface area contributed by atoms with Crippen LogP contribution in [0.1, 0.15) is 78.1 Å². The van der Waals surface area contributed by atoms with Crippen molar-refractivity contribution in [2.75, 3.05) is 0 Å². The van der Waals surface area contributed by atoms with Gasteiger partial charge in [0.25, 0.3) is 0 Å². The summed E-state index contributed by atoms with van der Waals surface area (Å²) in [6.45, 7) is 4.27. The Hall–Kier alpha value is -0.360. The summed E-state index contributed by atoms with van der Waals surface area (Å²) in [5.41, 5.74) is 0. The number of carboxylic acids is 2. The topological polar surface area (TPSA) is 74.6 Å². The lowest BCUT2D eigenvalue weighted by Crippen LogP contribution is -2.12. The van der Waals surface area contributed by atoms with Crippen molar-refractivity contribution in [1.29, 1.82) is 0 Å². The molecule has 0 saturated heterocycles. The predicted octanol–water partition coefficient (Wildman–Crippen LogP) is 4.68. The molecule has 132 valence electrons. The van der Waals surface area contributed by atoms with E-state index in [1.165, 1.54) is 25.7 Å². The summed E-state index contributed by atoms with van der Waals surface area (Å²) in [5, 5.41) is 16.0. The van der Waals surface area contributed by atoms with E-state index in [-0.39, 0.29) is 0 Å². The van der Waals surface area contributed by atoms with Gasteiger partial charge in [-0.05, 0) is 12.8 Å². The van der Waals surface area contributed by atoms with Crippen LogP contribution in [0, 0.1) is 0 Å². The van der Waals surface area contributed by atoms with Crippen LogP contribution in [0.2, 0.25) is 0 Å². The summed E-state index contributed by atoms with van der Waals surface area (Å²) in [4.78, 5) is 20.6. The van der Waals surface area contributed by atoms with Crippen LogP contribution in [-0.4, -0.2) is 32.7 Å². The predicted molar refractivity (Wildman–Crippen MR) is 98.3 cm³/mol. The molecule has 0 aliphatic heterocycles. The second-order valence-corrected chi connectivity index (χ2v) is 6.65. The molecule has 0 aromatic rings. The lowest BCUT2D eigenvalue weighted by molar-refractivity contribution is -0.137. The minimum Gasteiger partial charge on any atom is -0.480 e. The SMILES string of the molecule is CCCCCCC(S)C(=O)O.CCCCCC[C@H](S)C(=O)O. The minimum atomic E-state index is -0.801. The van der Waals surface area contributed by atoms with Gasteiger partial charge in [-0.25, -0.2) is 0 Å². The van der Waals surface area contributed by atoms with Gasteiger partial charge in [0.2, 0.25) is 0 Å². The van der Waals surface area contributed by atoms with Crippen molar-refractivity contribution < 1.29 is 19.8 Å². The van der Waals surface area contributed by atoms with Gasteiger partial charge >= 0.3 is 11.9 Å². The van der Waals surface area contributed by atoms with Crippen LogP contribution in [0.25, 0.3) is 0 Å². The molecule has 0 saturated carbocycles. The number of carbonyl (C=O) groups is 2. The number of hydrogen-bond donors (Lipinski definition) is 4. The summed E-state index contributed by atoms with van der Waals surface area (Å²) in [6.07, 6.45) is 10.4. The fourth-order valence-electron chi connectivity index (χ4n) is 1.78. The third-order valence-corrected chi connectivity index (χ3v) is 4.19. The average molecular weight is 353 g/mol. The molecular weight excluding hydrogens is 320 g/mol. The Labute approximate surface area is 145 Å². The summed E-state index contributed by atoms with van der Waals surface area (Å²) in [6, 6.07) is 0. The zero-order valence-electron chi connectivity index (χ0n) is 13.8. The number of aliphatic carboxylic acids is 2. The van der Waals surface area contributed by atoms with Gasteiger partial charge in [-0.1, -0.05) is 65.2 Å². The zero-order valence-corrected chi connectivity index (χ0v) is 15.6. The van der Waals surface area contributed by atoms with Crippen molar-refractivity contribution in [3.63, 3.8) is 0 Å². The Morgan fingerprint density at radius 1 is 0.727 bits per heavy atom. The first-order valence-corrected chi connectivity index (χ1v) is 9.21. The van der Waals surface area contributed by atoms with E-state index in [2.05, 4.69) is 39.1 Å². The van der Waals surface area contributed by atoms with Crippen molar-refractivity contribution in [3.8, 4) is 0 Å². The Morgan fingerprint density at radius 3 is 1.27 bits per heavy atom.